The summed E-state index contributed by atoms with van der Waals surface area (Å²) >= 11 is 0. The van der Waals surface area contributed by atoms with Gasteiger partial charge in [-0.2, -0.15) is 0 Å². The van der Waals surface area contributed by atoms with E-state index < -0.39 is 0 Å². The van der Waals surface area contributed by atoms with Gasteiger partial charge in [-0.15, -0.1) is 0 Å². The average molecular weight is 372 g/mol. The summed E-state index contributed by atoms with van der Waals surface area (Å²) < 4.78 is 15.9. The van der Waals surface area contributed by atoms with Crippen molar-refractivity contribution in [3.63, 3.8) is 0 Å². The number of methoxy groups -OCH3 is 3. The van der Waals surface area contributed by atoms with Gasteiger partial charge in [-0.05, 0) is 26.1 Å². The highest BCUT2D eigenvalue weighted by molar-refractivity contribution is 5.97. The molecule has 146 valence electrons. The number of amides is 1. The fraction of sp³-hybridized carbons (Fsp3) is 0.381. The number of carbonyl (C=O) groups excluding carboxylic acids is 1. The SMILES string of the molecule is COc1cc(OC)c(C(=O)NCC(Cc2ccccc2)N(C)C)cc1OC. The molecule has 0 spiro atoms. The number of ether oxygens (including phenoxy) is 3. The predicted molar refractivity (Wildman–Crippen MR) is 106 cm³/mol. The van der Waals surface area contributed by atoms with Crippen LogP contribution in [0.1, 0.15) is 15.9 Å². The first-order valence-corrected chi connectivity index (χ1v) is 8.78. The van der Waals surface area contributed by atoms with E-state index in [9.17, 15) is 4.79 Å². The summed E-state index contributed by atoms with van der Waals surface area (Å²) in [5.41, 5.74) is 1.64. The van der Waals surface area contributed by atoms with E-state index in [1.165, 1.54) is 19.8 Å². The van der Waals surface area contributed by atoms with Crippen molar-refractivity contribution in [3.05, 3.63) is 53.6 Å². The van der Waals surface area contributed by atoms with Crippen molar-refractivity contribution in [1.29, 1.82) is 0 Å². The maximum atomic E-state index is 12.8. The second-order valence-corrected chi connectivity index (χ2v) is 6.42. The minimum atomic E-state index is -0.215. The molecular weight excluding hydrogens is 344 g/mol. The van der Waals surface area contributed by atoms with Crippen LogP contribution >= 0.6 is 0 Å². The zero-order valence-electron chi connectivity index (χ0n) is 16.6. The largest absolute Gasteiger partial charge is 0.496 e. The summed E-state index contributed by atoms with van der Waals surface area (Å²) in [5, 5.41) is 3.01. The molecule has 0 bridgehead atoms. The third-order valence-corrected chi connectivity index (χ3v) is 4.49. The topological polar surface area (TPSA) is 60.0 Å². The molecule has 0 fully saturated rings. The van der Waals surface area contributed by atoms with Gasteiger partial charge in [0.1, 0.15) is 5.75 Å². The molecule has 6 heteroatoms. The summed E-state index contributed by atoms with van der Waals surface area (Å²) in [6, 6.07) is 13.7. The summed E-state index contributed by atoms with van der Waals surface area (Å²) in [6.07, 6.45) is 0.844. The monoisotopic (exact) mass is 372 g/mol. The summed E-state index contributed by atoms with van der Waals surface area (Å²) in [4.78, 5) is 14.9. The molecule has 0 radical (unpaired) electrons. The highest BCUT2D eigenvalue weighted by Crippen LogP contribution is 2.34. The number of nitrogens with one attached hydrogen (secondary N) is 1. The van der Waals surface area contributed by atoms with E-state index in [4.69, 9.17) is 14.2 Å². The van der Waals surface area contributed by atoms with E-state index >= 15 is 0 Å². The first-order valence-electron chi connectivity index (χ1n) is 8.78. The van der Waals surface area contributed by atoms with Crippen LogP contribution in [0.25, 0.3) is 0 Å². The van der Waals surface area contributed by atoms with Crippen LogP contribution in [0.2, 0.25) is 0 Å². The predicted octanol–water partition coefficient (Wildman–Crippen LogP) is 2.62. The van der Waals surface area contributed by atoms with Gasteiger partial charge in [-0.25, -0.2) is 0 Å². The molecule has 0 aliphatic rings. The number of benzene rings is 2. The van der Waals surface area contributed by atoms with Crippen LogP contribution in [0.5, 0.6) is 17.2 Å². The Morgan fingerprint density at radius 1 is 0.963 bits per heavy atom. The molecule has 1 N–H and O–H groups in total. The zero-order chi connectivity index (χ0) is 19.8. The molecule has 0 aromatic heterocycles. The first kappa shape index (κ1) is 20.6. The van der Waals surface area contributed by atoms with E-state index in [1.807, 2.05) is 32.3 Å². The molecule has 1 amide bonds. The summed E-state index contributed by atoms with van der Waals surface area (Å²) in [7, 11) is 8.62. The zero-order valence-corrected chi connectivity index (χ0v) is 16.6. The van der Waals surface area contributed by atoms with Crippen LogP contribution in [0.3, 0.4) is 0 Å². The molecule has 0 saturated heterocycles. The van der Waals surface area contributed by atoms with Gasteiger partial charge in [0, 0.05) is 24.7 Å². The quantitative estimate of drug-likeness (QED) is 0.733. The smallest absolute Gasteiger partial charge is 0.255 e. The maximum absolute atomic E-state index is 12.8. The van der Waals surface area contributed by atoms with Crippen LogP contribution in [-0.4, -0.2) is 58.8 Å². The molecular formula is C21H28N2O4. The number of nitrogens with zero attached hydrogens (tertiary/aromatic N) is 1. The maximum Gasteiger partial charge on any atom is 0.255 e. The highest BCUT2D eigenvalue weighted by Gasteiger charge is 2.19. The molecule has 2 aromatic carbocycles. The number of likely N-dealkylation sites (N-methyl/N-ethyl adjacent to an activating group) is 1. The second-order valence-electron chi connectivity index (χ2n) is 6.42. The van der Waals surface area contributed by atoms with Crippen LogP contribution in [0.4, 0.5) is 0 Å². The van der Waals surface area contributed by atoms with Gasteiger partial charge >= 0.3 is 0 Å². The van der Waals surface area contributed by atoms with E-state index in [1.54, 1.807) is 19.2 Å². The molecule has 2 rings (SSSR count). The molecule has 0 heterocycles. The van der Waals surface area contributed by atoms with Gasteiger partial charge in [-0.1, -0.05) is 30.3 Å². The molecule has 6 nitrogen and oxygen atoms in total. The van der Waals surface area contributed by atoms with Crippen molar-refractivity contribution in [2.75, 3.05) is 42.0 Å². The van der Waals surface area contributed by atoms with Gasteiger partial charge in [0.15, 0.2) is 11.5 Å². The Labute approximate surface area is 161 Å². The van der Waals surface area contributed by atoms with E-state index in [0.29, 0.717) is 29.4 Å². The Hall–Kier alpha value is -2.73. The lowest BCUT2D eigenvalue weighted by Crippen LogP contribution is -2.41. The fourth-order valence-electron chi connectivity index (χ4n) is 2.84. The average Bonchev–Trinajstić information content (AvgIpc) is 2.70. The van der Waals surface area contributed by atoms with E-state index in [2.05, 4.69) is 22.3 Å². The van der Waals surface area contributed by atoms with Crippen LogP contribution in [-0.2, 0) is 6.42 Å². The van der Waals surface area contributed by atoms with Crippen molar-refractivity contribution in [3.8, 4) is 17.2 Å². The Kier molecular flexibility index (Phi) is 7.49. The van der Waals surface area contributed by atoms with Crippen molar-refractivity contribution >= 4 is 5.91 Å². The molecule has 27 heavy (non-hydrogen) atoms. The second kappa shape index (κ2) is 9.83. The lowest BCUT2D eigenvalue weighted by atomic mass is 10.0. The van der Waals surface area contributed by atoms with Crippen LogP contribution in [0, 0.1) is 0 Å². The Morgan fingerprint density at radius 3 is 2.11 bits per heavy atom. The lowest BCUT2D eigenvalue weighted by molar-refractivity contribution is 0.0938. The molecule has 0 aliphatic heterocycles. The van der Waals surface area contributed by atoms with Crippen molar-refractivity contribution in [2.24, 2.45) is 0 Å². The van der Waals surface area contributed by atoms with E-state index in [0.717, 1.165) is 6.42 Å². The standard InChI is InChI=1S/C21H28N2O4/c1-23(2)16(11-15-9-7-6-8-10-15)14-22-21(24)17-12-19(26-4)20(27-5)13-18(17)25-3/h6-10,12-13,16H,11,14H2,1-5H3,(H,22,24). The van der Waals surface area contributed by atoms with Gasteiger partial charge in [0.2, 0.25) is 0 Å². The van der Waals surface area contributed by atoms with E-state index in [-0.39, 0.29) is 11.9 Å². The van der Waals surface area contributed by atoms with Gasteiger partial charge in [0.25, 0.3) is 5.91 Å². The molecule has 2 aromatic rings. The minimum absolute atomic E-state index is 0.169. The molecule has 1 unspecified atom stereocenters. The number of hydrogen-bond acceptors (Lipinski definition) is 5. The number of rotatable bonds is 9. The minimum Gasteiger partial charge on any atom is -0.496 e. The van der Waals surface area contributed by atoms with Crippen LogP contribution < -0.4 is 19.5 Å². The molecule has 1 atom stereocenters. The summed E-state index contributed by atoms with van der Waals surface area (Å²) in [6.45, 7) is 0.512. The third-order valence-electron chi connectivity index (χ3n) is 4.49. The Balaban J connectivity index is 2.13. The summed E-state index contributed by atoms with van der Waals surface area (Å²) in [5.74, 6) is 1.22. The normalized spacial score (nSPS) is 11.8. The third kappa shape index (κ3) is 5.37. The first-order chi connectivity index (χ1) is 13.0. The highest BCUT2D eigenvalue weighted by atomic mass is 16.5. The number of hydrogen-bond donors (Lipinski definition) is 1. The van der Waals surface area contributed by atoms with Crippen molar-refractivity contribution < 1.29 is 19.0 Å². The van der Waals surface area contributed by atoms with Gasteiger partial charge in [-0.3, -0.25) is 4.79 Å². The van der Waals surface area contributed by atoms with Gasteiger partial charge in [0.05, 0.1) is 26.9 Å². The lowest BCUT2D eigenvalue weighted by Gasteiger charge is -2.25. The van der Waals surface area contributed by atoms with Crippen molar-refractivity contribution in [1.82, 2.24) is 10.2 Å². The van der Waals surface area contributed by atoms with Crippen molar-refractivity contribution in [2.45, 2.75) is 12.5 Å². The van der Waals surface area contributed by atoms with Gasteiger partial charge < -0.3 is 24.4 Å². The molecule has 0 aliphatic carbocycles. The molecule has 0 saturated carbocycles. The van der Waals surface area contributed by atoms with Crippen LogP contribution in [0.15, 0.2) is 42.5 Å². The Bertz CT molecular complexity index is 747. The fourth-order valence-corrected chi connectivity index (χ4v) is 2.84. The Morgan fingerprint density at radius 2 is 1.56 bits per heavy atom. The number of carbonyl (C=O) groups is 1.